The van der Waals surface area contributed by atoms with E-state index < -0.39 is 0 Å². The highest BCUT2D eigenvalue weighted by Crippen LogP contribution is 2.01. The molecule has 0 saturated heterocycles. The minimum absolute atomic E-state index is 0.128. The third-order valence-electron chi connectivity index (χ3n) is 1.79. The number of likely N-dealkylation sites (N-methyl/N-ethyl adjacent to an activating group) is 1. The van der Waals surface area contributed by atoms with Gasteiger partial charge in [-0.2, -0.15) is 0 Å². The van der Waals surface area contributed by atoms with Crippen molar-refractivity contribution in [2.24, 2.45) is 0 Å². The molecule has 0 radical (unpaired) electrons. The van der Waals surface area contributed by atoms with Gasteiger partial charge in [-0.05, 0) is 13.5 Å². The summed E-state index contributed by atoms with van der Waals surface area (Å²) in [5.74, 6) is -0.616. The third kappa shape index (κ3) is 6.90. The normalized spacial score (nSPS) is 11.9. The van der Waals surface area contributed by atoms with Crippen LogP contribution in [0.5, 0.6) is 0 Å². The van der Waals surface area contributed by atoms with Gasteiger partial charge in [-0.3, -0.25) is 9.59 Å². The Bertz CT molecular complexity index is 206. The first-order valence-corrected chi connectivity index (χ1v) is 5.13. The van der Waals surface area contributed by atoms with Gasteiger partial charge in [0.15, 0.2) is 0 Å². The van der Waals surface area contributed by atoms with E-state index in [4.69, 9.17) is 9.47 Å². The fourth-order valence-electron chi connectivity index (χ4n) is 0.886. The van der Waals surface area contributed by atoms with Gasteiger partial charge >= 0.3 is 11.9 Å². The molecule has 0 bridgehead atoms. The molecule has 1 N–H and O–H groups in total. The zero-order valence-electron chi connectivity index (χ0n) is 9.54. The highest BCUT2D eigenvalue weighted by atomic mass is 16.6. The van der Waals surface area contributed by atoms with E-state index in [1.54, 1.807) is 14.0 Å². The summed E-state index contributed by atoms with van der Waals surface area (Å²) in [6.45, 7) is 3.89. The molecule has 5 heteroatoms. The Balaban J connectivity index is 3.79. The Morgan fingerprint density at radius 1 is 1.27 bits per heavy atom. The Morgan fingerprint density at radius 2 is 1.93 bits per heavy atom. The van der Waals surface area contributed by atoms with Crippen molar-refractivity contribution in [3.8, 4) is 0 Å². The maximum atomic E-state index is 11.0. The lowest BCUT2D eigenvalue weighted by Crippen LogP contribution is -2.28. The summed E-state index contributed by atoms with van der Waals surface area (Å²) in [6, 6.07) is 0. The van der Waals surface area contributed by atoms with Gasteiger partial charge in [0.1, 0.15) is 12.7 Å². The van der Waals surface area contributed by atoms with Gasteiger partial charge in [0.2, 0.25) is 0 Å². The lowest BCUT2D eigenvalue weighted by Gasteiger charge is -2.15. The quantitative estimate of drug-likeness (QED) is 0.628. The van der Waals surface area contributed by atoms with Gasteiger partial charge in [0.25, 0.3) is 0 Å². The van der Waals surface area contributed by atoms with Crippen LogP contribution in [0.3, 0.4) is 0 Å². The van der Waals surface area contributed by atoms with Crippen molar-refractivity contribution in [3.05, 3.63) is 0 Å². The monoisotopic (exact) mass is 217 g/mol. The Kier molecular flexibility index (Phi) is 7.62. The molecule has 0 aromatic heterocycles. The van der Waals surface area contributed by atoms with Crippen molar-refractivity contribution in [3.63, 3.8) is 0 Å². The van der Waals surface area contributed by atoms with E-state index in [0.29, 0.717) is 12.8 Å². The number of hydrogen-bond acceptors (Lipinski definition) is 5. The average molecular weight is 217 g/mol. The molecule has 0 fully saturated rings. The number of rotatable bonds is 7. The van der Waals surface area contributed by atoms with Crippen LogP contribution >= 0.6 is 0 Å². The lowest BCUT2D eigenvalue weighted by molar-refractivity contribution is -0.158. The molecule has 0 aromatic carbocycles. The van der Waals surface area contributed by atoms with E-state index in [1.165, 1.54) is 0 Å². The molecular formula is C10H19NO4. The van der Waals surface area contributed by atoms with Crippen molar-refractivity contribution in [1.82, 2.24) is 5.32 Å². The van der Waals surface area contributed by atoms with Gasteiger partial charge in [-0.1, -0.05) is 13.8 Å². The van der Waals surface area contributed by atoms with Crippen LogP contribution in [0.4, 0.5) is 0 Å². The topological polar surface area (TPSA) is 64.6 Å². The van der Waals surface area contributed by atoms with Crippen molar-refractivity contribution >= 4 is 11.9 Å². The predicted octanol–water partition coefficient (Wildman–Crippen LogP) is 0.481. The van der Waals surface area contributed by atoms with Crippen LogP contribution in [0.2, 0.25) is 0 Å². The molecule has 5 nitrogen and oxygen atoms in total. The van der Waals surface area contributed by atoms with Crippen molar-refractivity contribution in [2.45, 2.75) is 32.8 Å². The smallest absolute Gasteiger partial charge is 0.320 e. The van der Waals surface area contributed by atoms with E-state index in [0.717, 1.165) is 0 Å². The van der Waals surface area contributed by atoms with E-state index in [-0.39, 0.29) is 31.2 Å². The molecule has 1 atom stereocenters. The average Bonchev–Trinajstić information content (AvgIpc) is 2.24. The summed E-state index contributed by atoms with van der Waals surface area (Å²) < 4.78 is 9.94. The van der Waals surface area contributed by atoms with Crippen molar-refractivity contribution in [1.29, 1.82) is 0 Å². The largest absolute Gasteiger partial charge is 0.461 e. The first-order chi connectivity index (χ1) is 7.13. The van der Waals surface area contributed by atoms with Crippen LogP contribution < -0.4 is 5.32 Å². The molecule has 0 aliphatic rings. The Hall–Kier alpha value is -1.10. The Labute approximate surface area is 90.1 Å². The standard InChI is InChI=1S/C10H19NO4/c1-4-8(15-9(12)5-2)7-14-10(13)6-11-3/h8,11H,4-7H2,1-3H3. The fraction of sp³-hybridized carbons (Fsp3) is 0.800. The molecule has 0 rings (SSSR count). The summed E-state index contributed by atoms with van der Waals surface area (Å²) in [6.07, 6.45) is 0.637. The van der Waals surface area contributed by atoms with Crippen LogP contribution in [-0.4, -0.2) is 38.2 Å². The maximum Gasteiger partial charge on any atom is 0.320 e. The van der Waals surface area contributed by atoms with Gasteiger partial charge < -0.3 is 14.8 Å². The summed E-state index contributed by atoms with van der Waals surface area (Å²) >= 11 is 0. The molecule has 0 aromatic rings. The maximum absolute atomic E-state index is 11.0. The Morgan fingerprint density at radius 3 is 2.40 bits per heavy atom. The van der Waals surface area contributed by atoms with Crippen molar-refractivity contribution in [2.75, 3.05) is 20.2 Å². The summed E-state index contributed by atoms with van der Waals surface area (Å²) in [4.78, 5) is 22.0. The number of esters is 2. The van der Waals surface area contributed by atoms with Gasteiger partial charge in [-0.15, -0.1) is 0 Å². The molecule has 0 heterocycles. The van der Waals surface area contributed by atoms with E-state index in [9.17, 15) is 9.59 Å². The van der Waals surface area contributed by atoms with Gasteiger partial charge in [-0.25, -0.2) is 0 Å². The summed E-state index contributed by atoms with van der Waals surface area (Å²) in [5.41, 5.74) is 0. The zero-order valence-corrected chi connectivity index (χ0v) is 9.54. The van der Waals surface area contributed by atoms with Crippen LogP contribution in [0.25, 0.3) is 0 Å². The van der Waals surface area contributed by atoms with E-state index >= 15 is 0 Å². The highest BCUT2D eigenvalue weighted by molar-refractivity contribution is 5.71. The lowest BCUT2D eigenvalue weighted by atomic mass is 10.3. The van der Waals surface area contributed by atoms with Gasteiger partial charge in [0.05, 0.1) is 6.54 Å². The van der Waals surface area contributed by atoms with Crippen LogP contribution in [0.1, 0.15) is 26.7 Å². The number of carbonyl (C=O) groups excluding carboxylic acids is 2. The number of hydrogen-bond donors (Lipinski definition) is 1. The first-order valence-electron chi connectivity index (χ1n) is 5.13. The summed E-state index contributed by atoms with van der Waals surface area (Å²) in [7, 11) is 1.66. The molecule has 0 amide bonds. The van der Waals surface area contributed by atoms with Crippen molar-refractivity contribution < 1.29 is 19.1 Å². The minimum Gasteiger partial charge on any atom is -0.461 e. The molecule has 0 saturated carbocycles. The third-order valence-corrected chi connectivity index (χ3v) is 1.79. The second-order valence-corrected chi connectivity index (χ2v) is 3.09. The predicted molar refractivity (Wildman–Crippen MR) is 55.3 cm³/mol. The zero-order chi connectivity index (χ0) is 11.7. The van der Waals surface area contributed by atoms with E-state index in [2.05, 4.69) is 5.32 Å². The molecule has 0 aliphatic heterocycles. The van der Waals surface area contributed by atoms with Gasteiger partial charge in [0, 0.05) is 6.42 Å². The molecule has 88 valence electrons. The van der Waals surface area contributed by atoms with E-state index in [1.807, 2.05) is 6.92 Å². The molecular weight excluding hydrogens is 198 g/mol. The SMILES string of the molecule is CCC(=O)OC(CC)COC(=O)CNC. The highest BCUT2D eigenvalue weighted by Gasteiger charge is 2.13. The van der Waals surface area contributed by atoms with Crippen LogP contribution in [-0.2, 0) is 19.1 Å². The number of nitrogens with one attached hydrogen (secondary N) is 1. The second-order valence-electron chi connectivity index (χ2n) is 3.09. The fourth-order valence-corrected chi connectivity index (χ4v) is 0.886. The van der Waals surface area contributed by atoms with Crippen LogP contribution in [0, 0.1) is 0 Å². The van der Waals surface area contributed by atoms with Crippen LogP contribution in [0.15, 0.2) is 0 Å². The molecule has 0 aliphatic carbocycles. The minimum atomic E-state index is -0.344. The summed E-state index contributed by atoms with van der Waals surface area (Å²) in [5, 5.41) is 2.68. The second kappa shape index (κ2) is 8.23. The molecule has 0 spiro atoms. The number of carbonyl (C=O) groups is 2. The molecule has 15 heavy (non-hydrogen) atoms. The molecule has 1 unspecified atom stereocenters. The number of ether oxygens (including phenoxy) is 2. The first kappa shape index (κ1) is 13.9.